The van der Waals surface area contributed by atoms with Crippen LogP contribution in [0.25, 0.3) is 0 Å². The number of anilines is 2. The highest BCUT2D eigenvalue weighted by molar-refractivity contribution is 7.09. The number of nitrogens with zero attached hydrogens (tertiary/aromatic N) is 3. The topological polar surface area (TPSA) is 67.1 Å². The molecule has 2 aromatic rings. The zero-order valence-corrected chi connectivity index (χ0v) is 11.4. The first-order valence-corrected chi connectivity index (χ1v) is 6.69. The number of nitrogens with two attached hydrogens (primary N) is 1. The molecule has 0 aromatic carbocycles. The minimum absolute atomic E-state index is 0.671. The van der Waals surface area contributed by atoms with Crippen molar-refractivity contribution in [2.24, 2.45) is 5.84 Å². The summed E-state index contributed by atoms with van der Waals surface area (Å²) in [7, 11) is 0. The monoisotopic (exact) mass is 263 g/mol. The third-order valence-corrected chi connectivity index (χ3v) is 3.66. The molecule has 0 spiro atoms. The van der Waals surface area contributed by atoms with Crippen molar-refractivity contribution in [2.45, 2.75) is 20.4 Å². The molecule has 0 fully saturated rings. The molecule has 18 heavy (non-hydrogen) atoms. The van der Waals surface area contributed by atoms with Gasteiger partial charge in [-0.3, -0.25) is 0 Å². The summed E-state index contributed by atoms with van der Waals surface area (Å²) in [6.07, 6.45) is 1.54. The van der Waals surface area contributed by atoms with E-state index in [0.29, 0.717) is 5.82 Å². The van der Waals surface area contributed by atoms with Crippen LogP contribution in [0, 0.1) is 6.92 Å². The van der Waals surface area contributed by atoms with Crippen molar-refractivity contribution in [3.63, 3.8) is 0 Å². The molecule has 2 rings (SSSR count). The number of hydrogen-bond acceptors (Lipinski definition) is 6. The van der Waals surface area contributed by atoms with Crippen LogP contribution >= 0.6 is 11.3 Å². The molecule has 0 saturated carbocycles. The second-order valence-corrected chi connectivity index (χ2v) is 4.94. The molecule has 0 radical (unpaired) electrons. The number of hydrazine groups is 1. The van der Waals surface area contributed by atoms with Crippen molar-refractivity contribution in [3.05, 3.63) is 34.3 Å². The van der Waals surface area contributed by atoms with E-state index in [2.05, 4.69) is 44.7 Å². The molecule has 0 aliphatic rings. The quantitative estimate of drug-likeness (QED) is 0.639. The second-order valence-electron chi connectivity index (χ2n) is 3.91. The maximum Gasteiger partial charge on any atom is 0.148 e. The van der Waals surface area contributed by atoms with E-state index in [1.807, 2.05) is 6.92 Å². The van der Waals surface area contributed by atoms with Gasteiger partial charge >= 0.3 is 0 Å². The van der Waals surface area contributed by atoms with Crippen LogP contribution < -0.4 is 16.2 Å². The van der Waals surface area contributed by atoms with E-state index >= 15 is 0 Å². The molecule has 0 atom stereocenters. The van der Waals surface area contributed by atoms with Gasteiger partial charge in [-0.1, -0.05) is 6.07 Å². The standard InChI is InChI=1S/C12H17N5S/c1-3-17(7-10-5-4-6-18-10)12-9(2)11(16-13)14-8-15-12/h4-6,8H,3,7,13H2,1-2H3,(H,14,15,16). The molecule has 0 amide bonds. The molecule has 2 aromatic heterocycles. The Kier molecular flexibility index (Phi) is 4.11. The van der Waals surface area contributed by atoms with Crippen molar-refractivity contribution in [2.75, 3.05) is 16.9 Å². The average molecular weight is 263 g/mol. The molecule has 0 aliphatic heterocycles. The minimum Gasteiger partial charge on any atom is -0.351 e. The Morgan fingerprint density at radius 1 is 1.44 bits per heavy atom. The van der Waals surface area contributed by atoms with Crippen LogP contribution in [0.1, 0.15) is 17.4 Å². The van der Waals surface area contributed by atoms with Crippen LogP contribution in [0.5, 0.6) is 0 Å². The van der Waals surface area contributed by atoms with E-state index in [9.17, 15) is 0 Å². The first kappa shape index (κ1) is 12.8. The predicted molar refractivity (Wildman–Crippen MR) is 75.6 cm³/mol. The van der Waals surface area contributed by atoms with Crippen LogP contribution in [0.3, 0.4) is 0 Å². The molecule has 2 heterocycles. The lowest BCUT2D eigenvalue weighted by Gasteiger charge is -2.23. The van der Waals surface area contributed by atoms with Crippen LogP contribution in [0.15, 0.2) is 23.8 Å². The fourth-order valence-corrected chi connectivity index (χ4v) is 2.55. The molecule has 0 aliphatic carbocycles. The highest BCUT2D eigenvalue weighted by Gasteiger charge is 2.13. The largest absolute Gasteiger partial charge is 0.351 e. The van der Waals surface area contributed by atoms with Crippen molar-refractivity contribution in [3.8, 4) is 0 Å². The molecule has 96 valence electrons. The van der Waals surface area contributed by atoms with Gasteiger partial charge in [0.2, 0.25) is 0 Å². The Hall–Kier alpha value is -1.66. The lowest BCUT2D eigenvalue weighted by Crippen LogP contribution is -2.24. The van der Waals surface area contributed by atoms with Gasteiger partial charge < -0.3 is 10.3 Å². The van der Waals surface area contributed by atoms with Crippen molar-refractivity contribution in [1.29, 1.82) is 0 Å². The lowest BCUT2D eigenvalue weighted by atomic mass is 10.2. The highest BCUT2D eigenvalue weighted by Crippen LogP contribution is 2.23. The zero-order chi connectivity index (χ0) is 13.0. The number of hydrogen-bond donors (Lipinski definition) is 2. The van der Waals surface area contributed by atoms with Crippen LogP contribution in [-0.4, -0.2) is 16.5 Å². The fraction of sp³-hybridized carbons (Fsp3) is 0.333. The van der Waals surface area contributed by atoms with E-state index in [-0.39, 0.29) is 0 Å². The fourth-order valence-electron chi connectivity index (χ4n) is 1.83. The van der Waals surface area contributed by atoms with Crippen LogP contribution in [0.2, 0.25) is 0 Å². The number of aromatic nitrogens is 2. The predicted octanol–water partition coefficient (Wildman–Crippen LogP) is 2.16. The zero-order valence-electron chi connectivity index (χ0n) is 10.6. The maximum absolute atomic E-state index is 5.44. The smallest absolute Gasteiger partial charge is 0.148 e. The molecule has 0 unspecified atom stereocenters. The highest BCUT2D eigenvalue weighted by atomic mass is 32.1. The van der Waals surface area contributed by atoms with Gasteiger partial charge in [-0.05, 0) is 25.3 Å². The summed E-state index contributed by atoms with van der Waals surface area (Å²) in [4.78, 5) is 12.0. The molecular formula is C12H17N5S. The Balaban J connectivity index is 2.27. The summed E-state index contributed by atoms with van der Waals surface area (Å²) >= 11 is 1.75. The average Bonchev–Trinajstić information content (AvgIpc) is 2.89. The third-order valence-electron chi connectivity index (χ3n) is 2.80. The van der Waals surface area contributed by atoms with Crippen LogP contribution in [0.4, 0.5) is 11.6 Å². The molecule has 5 nitrogen and oxygen atoms in total. The maximum atomic E-state index is 5.44. The van der Waals surface area contributed by atoms with E-state index in [4.69, 9.17) is 5.84 Å². The van der Waals surface area contributed by atoms with Crippen LogP contribution in [-0.2, 0) is 6.54 Å². The molecular weight excluding hydrogens is 246 g/mol. The van der Waals surface area contributed by atoms with Gasteiger partial charge in [0, 0.05) is 17.0 Å². The van der Waals surface area contributed by atoms with E-state index in [1.165, 1.54) is 11.2 Å². The van der Waals surface area contributed by atoms with Gasteiger partial charge in [-0.25, -0.2) is 15.8 Å². The SMILES string of the molecule is CCN(Cc1cccs1)c1ncnc(NN)c1C. The van der Waals surface area contributed by atoms with Gasteiger partial charge in [0.15, 0.2) is 0 Å². The summed E-state index contributed by atoms with van der Waals surface area (Å²) in [6.45, 7) is 5.84. The van der Waals surface area contributed by atoms with Gasteiger partial charge in [-0.2, -0.15) is 0 Å². The first-order valence-electron chi connectivity index (χ1n) is 5.81. The summed E-state index contributed by atoms with van der Waals surface area (Å²) < 4.78 is 0. The van der Waals surface area contributed by atoms with E-state index < -0.39 is 0 Å². The van der Waals surface area contributed by atoms with Gasteiger partial charge in [-0.15, -0.1) is 11.3 Å². The summed E-state index contributed by atoms with van der Waals surface area (Å²) in [6, 6.07) is 4.19. The minimum atomic E-state index is 0.671. The normalized spacial score (nSPS) is 10.4. The number of rotatable bonds is 5. The van der Waals surface area contributed by atoms with Gasteiger partial charge in [0.1, 0.15) is 18.0 Å². The van der Waals surface area contributed by atoms with Gasteiger partial charge in [0.05, 0.1) is 6.54 Å². The third kappa shape index (κ3) is 2.60. The molecule has 0 bridgehead atoms. The summed E-state index contributed by atoms with van der Waals surface area (Å²) in [5.74, 6) is 7.04. The summed E-state index contributed by atoms with van der Waals surface area (Å²) in [5, 5.41) is 2.09. The molecule has 0 saturated heterocycles. The lowest BCUT2D eigenvalue weighted by molar-refractivity contribution is 0.813. The number of nitrogens with one attached hydrogen (secondary N) is 1. The molecule has 3 N–H and O–H groups in total. The Bertz CT molecular complexity index is 497. The Morgan fingerprint density at radius 3 is 2.89 bits per heavy atom. The van der Waals surface area contributed by atoms with Crippen molar-refractivity contribution >= 4 is 23.0 Å². The van der Waals surface area contributed by atoms with Crippen molar-refractivity contribution < 1.29 is 0 Å². The number of thiophene rings is 1. The van der Waals surface area contributed by atoms with E-state index in [1.54, 1.807) is 11.3 Å². The first-order chi connectivity index (χ1) is 8.76. The van der Waals surface area contributed by atoms with Crippen molar-refractivity contribution in [1.82, 2.24) is 9.97 Å². The summed E-state index contributed by atoms with van der Waals surface area (Å²) in [5.41, 5.74) is 3.57. The van der Waals surface area contributed by atoms with Gasteiger partial charge in [0.25, 0.3) is 0 Å². The Labute approximate surface area is 111 Å². The Morgan fingerprint density at radius 2 is 2.28 bits per heavy atom. The van der Waals surface area contributed by atoms with E-state index in [0.717, 1.165) is 24.5 Å². The molecule has 6 heteroatoms. The number of nitrogen functional groups attached to an aromatic ring is 1. The second kappa shape index (κ2) is 5.79.